The zero-order valence-corrected chi connectivity index (χ0v) is 14.4. The SMILES string of the molecule is C=CCOc1c(OC(C)(C)C=C)ccc2c(=O)c3ccccc3oc12. The molecule has 25 heavy (non-hydrogen) atoms. The van der Waals surface area contributed by atoms with E-state index in [0.29, 0.717) is 33.4 Å². The molecule has 4 heteroatoms. The summed E-state index contributed by atoms with van der Waals surface area (Å²) >= 11 is 0. The monoisotopic (exact) mass is 336 g/mol. The van der Waals surface area contributed by atoms with Gasteiger partial charge in [0.25, 0.3) is 0 Å². The number of benzene rings is 2. The molecular formula is C21H20O4. The molecule has 0 aliphatic carbocycles. The van der Waals surface area contributed by atoms with E-state index < -0.39 is 5.60 Å². The van der Waals surface area contributed by atoms with Gasteiger partial charge in [0.1, 0.15) is 17.8 Å². The van der Waals surface area contributed by atoms with Crippen LogP contribution in [0.1, 0.15) is 13.8 Å². The number of fused-ring (bicyclic) bond motifs is 2. The number of ether oxygens (including phenoxy) is 2. The molecule has 0 spiro atoms. The lowest BCUT2D eigenvalue weighted by atomic mass is 10.1. The van der Waals surface area contributed by atoms with Gasteiger partial charge < -0.3 is 13.9 Å². The van der Waals surface area contributed by atoms with Crippen molar-refractivity contribution in [3.8, 4) is 11.5 Å². The predicted octanol–water partition coefficient (Wildman–Crippen LogP) is 4.85. The Morgan fingerprint density at radius 3 is 2.60 bits per heavy atom. The average Bonchev–Trinajstić information content (AvgIpc) is 2.61. The lowest BCUT2D eigenvalue weighted by molar-refractivity contribution is 0.154. The standard InChI is InChI=1S/C21H20O4/c1-5-13-23-20-17(25-21(3,4)6-2)12-11-15-18(22)14-9-7-8-10-16(14)24-19(15)20/h5-12H,1-2,13H2,3-4H3. The molecule has 0 N–H and O–H groups in total. The maximum Gasteiger partial charge on any atom is 0.205 e. The van der Waals surface area contributed by atoms with Crippen LogP contribution in [0, 0.1) is 0 Å². The van der Waals surface area contributed by atoms with Gasteiger partial charge in [-0.15, -0.1) is 0 Å². The molecule has 1 heterocycles. The molecule has 3 rings (SSSR count). The van der Waals surface area contributed by atoms with Crippen LogP contribution in [0.15, 0.2) is 70.9 Å². The Morgan fingerprint density at radius 2 is 1.88 bits per heavy atom. The first-order valence-electron chi connectivity index (χ1n) is 8.01. The largest absolute Gasteiger partial charge is 0.482 e. The van der Waals surface area contributed by atoms with Crippen LogP contribution < -0.4 is 14.9 Å². The first-order chi connectivity index (χ1) is 12.0. The summed E-state index contributed by atoms with van der Waals surface area (Å²) in [6.07, 6.45) is 3.32. The van der Waals surface area contributed by atoms with Crippen LogP contribution in [-0.4, -0.2) is 12.2 Å². The van der Waals surface area contributed by atoms with Gasteiger partial charge >= 0.3 is 0 Å². The van der Waals surface area contributed by atoms with Gasteiger partial charge in [-0.05, 0) is 44.2 Å². The number of rotatable bonds is 6. The number of hydrogen-bond donors (Lipinski definition) is 0. The molecule has 0 amide bonds. The summed E-state index contributed by atoms with van der Waals surface area (Å²) < 4.78 is 17.8. The highest BCUT2D eigenvalue weighted by Gasteiger charge is 2.22. The molecule has 2 aromatic carbocycles. The molecule has 0 fully saturated rings. The highest BCUT2D eigenvalue weighted by Crippen LogP contribution is 2.38. The lowest BCUT2D eigenvalue weighted by Crippen LogP contribution is -2.25. The summed E-state index contributed by atoms with van der Waals surface area (Å²) in [6.45, 7) is 11.5. The maximum absolute atomic E-state index is 12.8. The van der Waals surface area contributed by atoms with E-state index in [1.54, 1.807) is 36.4 Å². The fraction of sp³-hybridized carbons (Fsp3) is 0.190. The second-order valence-electron chi connectivity index (χ2n) is 6.21. The fourth-order valence-corrected chi connectivity index (χ4v) is 2.51. The summed E-state index contributed by atoms with van der Waals surface area (Å²) in [7, 11) is 0. The summed E-state index contributed by atoms with van der Waals surface area (Å²) in [5.74, 6) is 0.868. The van der Waals surface area contributed by atoms with Crippen molar-refractivity contribution < 1.29 is 13.9 Å². The van der Waals surface area contributed by atoms with Gasteiger partial charge in [0, 0.05) is 0 Å². The zero-order valence-electron chi connectivity index (χ0n) is 14.4. The third kappa shape index (κ3) is 3.15. The van der Waals surface area contributed by atoms with Crippen LogP contribution in [0.4, 0.5) is 0 Å². The molecule has 1 aromatic heterocycles. The molecule has 0 saturated heterocycles. The van der Waals surface area contributed by atoms with Gasteiger partial charge in [-0.25, -0.2) is 0 Å². The van der Waals surface area contributed by atoms with Crippen molar-refractivity contribution in [1.29, 1.82) is 0 Å². The van der Waals surface area contributed by atoms with E-state index in [-0.39, 0.29) is 12.0 Å². The van der Waals surface area contributed by atoms with Gasteiger partial charge in [-0.3, -0.25) is 4.79 Å². The van der Waals surface area contributed by atoms with E-state index in [4.69, 9.17) is 13.9 Å². The predicted molar refractivity (Wildman–Crippen MR) is 101 cm³/mol. The summed E-state index contributed by atoms with van der Waals surface area (Å²) in [4.78, 5) is 12.8. The van der Waals surface area contributed by atoms with Gasteiger partial charge in [0.2, 0.25) is 11.2 Å². The van der Waals surface area contributed by atoms with Crippen LogP contribution in [-0.2, 0) is 0 Å². The van der Waals surface area contributed by atoms with Crippen LogP contribution in [0.25, 0.3) is 21.9 Å². The minimum absolute atomic E-state index is 0.102. The topological polar surface area (TPSA) is 48.7 Å². The van der Waals surface area contributed by atoms with Crippen LogP contribution >= 0.6 is 0 Å². The Labute approximate surface area is 146 Å². The third-order valence-electron chi connectivity index (χ3n) is 3.87. The molecule has 0 radical (unpaired) electrons. The van der Waals surface area contributed by atoms with Crippen molar-refractivity contribution in [2.24, 2.45) is 0 Å². The van der Waals surface area contributed by atoms with Gasteiger partial charge in [-0.2, -0.15) is 0 Å². The molecule has 3 aromatic rings. The third-order valence-corrected chi connectivity index (χ3v) is 3.87. The molecule has 0 aliphatic rings. The average molecular weight is 336 g/mol. The first kappa shape index (κ1) is 16.8. The Hall–Kier alpha value is -3.01. The van der Waals surface area contributed by atoms with Gasteiger partial charge in [0.15, 0.2) is 11.3 Å². The van der Waals surface area contributed by atoms with Gasteiger partial charge in [-0.1, -0.05) is 31.4 Å². The highest BCUT2D eigenvalue weighted by atomic mass is 16.5. The molecule has 0 bridgehead atoms. The zero-order chi connectivity index (χ0) is 18.0. The van der Waals surface area contributed by atoms with Crippen molar-refractivity contribution in [3.05, 3.63) is 71.9 Å². The summed E-state index contributed by atoms with van der Waals surface area (Å²) in [5.41, 5.74) is 0.165. The normalized spacial score (nSPS) is 11.4. The second-order valence-corrected chi connectivity index (χ2v) is 6.21. The van der Waals surface area contributed by atoms with Crippen molar-refractivity contribution in [2.75, 3.05) is 6.61 Å². The molecule has 0 atom stereocenters. The van der Waals surface area contributed by atoms with E-state index in [1.807, 2.05) is 26.0 Å². The summed E-state index contributed by atoms with van der Waals surface area (Å²) in [5, 5.41) is 0.978. The van der Waals surface area contributed by atoms with Crippen molar-refractivity contribution in [1.82, 2.24) is 0 Å². The smallest absolute Gasteiger partial charge is 0.205 e. The Bertz CT molecular complexity index is 1010. The first-order valence-corrected chi connectivity index (χ1v) is 8.01. The Kier molecular flexibility index (Phi) is 4.36. The molecule has 128 valence electrons. The van der Waals surface area contributed by atoms with E-state index in [2.05, 4.69) is 13.2 Å². The van der Waals surface area contributed by atoms with Crippen molar-refractivity contribution in [3.63, 3.8) is 0 Å². The molecule has 0 aliphatic heterocycles. The number of para-hydroxylation sites is 1. The Morgan fingerprint density at radius 1 is 1.12 bits per heavy atom. The lowest BCUT2D eigenvalue weighted by Gasteiger charge is -2.24. The van der Waals surface area contributed by atoms with Gasteiger partial charge in [0.05, 0.1) is 10.8 Å². The van der Waals surface area contributed by atoms with Crippen LogP contribution in [0.2, 0.25) is 0 Å². The fourth-order valence-electron chi connectivity index (χ4n) is 2.51. The quantitative estimate of drug-likeness (QED) is 0.477. The van der Waals surface area contributed by atoms with E-state index in [9.17, 15) is 4.79 Å². The Balaban J connectivity index is 2.31. The molecule has 0 saturated carbocycles. The minimum Gasteiger partial charge on any atom is -0.482 e. The van der Waals surface area contributed by atoms with Crippen LogP contribution in [0.3, 0.4) is 0 Å². The molecular weight excluding hydrogens is 316 g/mol. The van der Waals surface area contributed by atoms with Crippen molar-refractivity contribution >= 4 is 21.9 Å². The second kappa shape index (κ2) is 6.48. The van der Waals surface area contributed by atoms with E-state index in [1.165, 1.54) is 0 Å². The minimum atomic E-state index is -0.600. The molecule has 0 unspecified atom stereocenters. The summed E-state index contributed by atoms with van der Waals surface area (Å²) in [6, 6.07) is 10.6. The maximum atomic E-state index is 12.8. The van der Waals surface area contributed by atoms with E-state index in [0.717, 1.165) is 0 Å². The van der Waals surface area contributed by atoms with Crippen LogP contribution in [0.5, 0.6) is 11.5 Å². The molecule has 4 nitrogen and oxygen atoms in total. The van der Waals surface area contributed by atoms with Crippen molar-refractivity contribution in [2.45, 2.75) is 19.4 Å². The number of hydrogen-bond acceptors (Lipinski definition) is 4. The van der Waals surface area contributed by atoms with E-state index >= 15 is 0 Å². The highest BCUT2D eigenvalue weighted by molar-refractivity contribution is 5.93.